The van der Waals surface area contributed by atoms with Crippen molar-refractivity contribution in [2.75, 3.05) is 5.32 Å². The van der Waals surface area contributed by atoms with E-state index in [1.54, 1.807) is 63.2 Å². The third-order valence-electron chi connectivity index (χ3n) is 3.46. The molecule has 0 spiro atoms. The summed E-state index contributed by atoms with van der Waals surface area (Å²) in [5.41, 5.74) is 0.918. The van der Waals surface area contributed by atoms with Crippen molar-refractivity contribution in [3.05, 3.63) is 69.3 Å². The minimum absolute atomic E-state index is 0.162. The van der Waals surface area contributed by atoms with Gasteiger partial charge in [0.05, 0.1) is 0 Å². The number of hydrogen-bond acceptors (Lipinski definition) is 2. The molecule has 2 amide bonds. The zero-order chi connectivity index (χ0) is 19.3. The van der Waals surface area contributed by atoms with Crippen molar-refractivity contribution in [3.63, 3.8) is 0 Å². The maximum absolute atomic E-state index is 12.7. The van der Waals surface area contributed by atoms with Gasteiger partial charge in [-0.05, 0) is 48.0 Å². The maximum atomic E-state index is 12.7. The average Bonchev–Trinajstić information content (AvgIpc) is 2.57. The van der Waals surface area contributed by atoms with E-state index in [0.717, 1.165) is 10.0 Å². The van der Waals surface area contributed by atoms with E-state index in [1.807, 2.05) is 12.1 Å². The van der Waals surface area contributed by atoms with Crippen LogP contribution in [0.15, 0.2) is 58.7 Å². The second kappa shape index (κ2) is 8.52. The summed E-state index contributed by atoms with van der Waals surface area (Å²) in [6.45, 7) is 5.36. The van der Waals surface area contributed by atoms with Gasteiger partial charge in [-0.2, -0.15) is 0 Å². The number of anilines is 1. The predicted octanol–water partition coefficient (Wildman–Crippen LogP) is 5.24. The van der Waals surface area contributed by atoms with Crippen molar-refractivity contribution in [2.45, 2.75) is 20.8 Å². The highest BCUT2D eigenvalue weighted by Crippen LogP contribution is 2.18. The molecule has 0 aromatic heterocycles. The van der Waals surface area contributed by atoms with Crippen LogP contribution in [0.3, 0.4) is 0 Å². The highest BCUT2D eigenvalue weighted by Gasteiger charge is 2.24. The molecule has 0 bridgehead atoms. The fourth-order valence-electron chi connectivity index (χ4n) is 1.93. The molecule has 0 radical (unpaired) electrons. The van der Waals surface area contributed by atoms with Gasteiger partial charge in [0.2, 0.25) is 5.91 Å². The van der Waals surface area contributed by atoms with Crippen LogP contribution in [0.5, 0.6) is 0 Å². The largest absolute Gasteiger partial charge is 0.321 e. The van der Waals surface area contributed by atoms with Crippen LogP contribution in [0.25, 0.3) is 6.08 Å². The lowest BCUT2D eigenvalue weighted by atomic mass is 9.95. The standard InChI is InChI=1S/C20H20BrClN2O2/c1-20(2,3)19(26)24-17(12-13-4-8-15(22)9-5-13)18(25)23-16-10-6-14(21)7-11-16/h4-12H,1-3H3,(H,23,25)(H,24,26)/b17-12+. The normalized spacial score (nSPS) is 11.8. The van der Waals surface area contributed by atoms with E-state index in [0.29, 0.717) is 10.7 Å². The Balaban J connectivity index is 2.29. The monoisotopic (exact) mass is 434 g/mol. The Kier molecular flexibility index (Phi) is 6.62. The summed E-state index contributed by atoms with van der Waals surface area (Å²) in [4.78, 5) is 25.1. The third kappa shape index (κ3) is 6.00. The van der Waals surface area contributed by atoms with Gasteiger partial charge in [-0.25, -0.2) is 0 Å². The molecule has 2 N–H and O–H groups in total. The molecule has 0 saturated heterocycles. The van der Waals surface area contributed by atoms with Gasteiger partial charge in [0, 0.05) is 20.6 Å². The van der Waals surface area contributed by atoms with Gasteiger partial charge in [-0.3, -0.25) is 9.59 Å². The summed E-state index contributed by atoms with van der Waals surface area (Å²) in [5, 5.41) is 6.11. The van der Waals surface area contributed by atoms with Crippen LogP contribution in [0.4, 0.5) is 5.69 Å². The molecule has 6 heteroatoms. The van der Waals surface area contributed by atoms with E-state index < -0.39 is 11.3 Å². The summed E-state index contributed by atoms with van der Waals surface area (Å²) >= 11 is 9.25. The van der Waals surface area contributed by atoms with Crippen molar-refractivity contribution < 1.29 is 9.59 Å². The van der Waals surface area contributed by atoms with Gasteiger partial charge in [0.15, 0.2) is 0 Å². The van der Waals surface area contributed by atoms with Crippen LogP contribution in [0, 0.1) is 5.41 Å². The number of halogens is 2. The number of nitrogens with one attached hydrogen (secondary N) is 2. The minimum Gasteiger partial charge on any atom is -0.321 e. The molecule has 0 aliphatic carbocycles. The van der Waals surface area contributed by atoms with Crippen molar-refractivity contribution >= 4 is 51.1 Å². The fourth-order valence-corrected chi connectivity index (χ4v) is 2.32. The first kappa shape index (κ1) is 20.2. The molecule has 2 aromatic rings. The summed E-state index contributed by atoms with van der Waals surface area (Å²) in [6, 6.07) is 14.2. The van der Waals surface area contributed by atoms with Crippen molar-refractivity contribution in [3.8, 4) is 0 Å². The smallest absolute Gasteiger partial charge is 0.272 e. The molecule has 0 unspecified atom stereocenters. The van der Waals surface area contributed by atoms with E-state index in [-0.39, 0.29) is 11.6 Å². The second-order valence-electron chi connectivity index (χ2n) is 6.77. The Bertz CT molecular complexity index is 822. The predicted molar refractivity (Wildman–Crippen MR) is 110 cm³/mol. The summed E-state index contributed by atoms with van der Waals surface area (Å²) in [7, 11) is 0. The molecule has 0 fully saturated rings. The fraction of sp³-hybridized carbons (Fsp3) is 0.200. The third-order valence-corrected chi connectivity index (χ3v) is 4.24. The lowest BCUT2D eigenvalue weighted by Gasteiger charge is -2.19. The van der Waals surface area contributed by atoms with Gasteiger partial charge in [-0.15, -0.1) is 0 Å². The van der Waals surface area contributed by atoms with Gasteiger partial charge in [0.1, 0.15) is 5.70 Å². The molecule has 2 aromatic carbocycles. The Hall–Kier alpha value is -2.11. The summed E-state index contributed by atoms with van der Waals surface area (Å²) < 4.78 is 0.911. The minimum atomic E-state index is -0.628. The summed E-state index contributed by atoms with van der Waals surface area (Å²) in [5.74, 6) is -0.649. The first-order valence-corrected chi connectivity index (χ1v) is 9.18. The lowest BCUT2D eigenvalue weighted by Crippen LogP contribution is -2.38. The SMILES string of the molecule is CC(C)(C)C(=O)N/C(=C/c1ccc(Cl)cc1)C(=O)Nc1ccc(Br)cc1. The zero-order valence-corrected chi connectivity index (χ0v) is 17.1. The van der Waals surface area contributed by atoms with E-state index >= 15 is 0 Å². The Morgan fingerprint density at radius 1 is 1.00 bits per heavy atom. The summed E-state index contributed by atoms with van der Waals surface area (Å²) in [6.07, 6.45) is 1.62. The van der Waals surface area contributed by atoms with Crippen LogP contribution in [0.2, 0.25) is 5.02 Å². The van der Waals surface area contributed by atoms with E-state index in [1.165, 1.54) is 0 Å². The van der Waals surface area contributed by atoms with Crippen molar-refractivity contribution in [2.24, 2.45) is 5.41 Å². The number of amides is 2. The zero-order valence-electron chi connectivity index (χ0n) is 14.8. The first-order valence-electron chi connectivity index (χ1n) is 8.01. The molecule has 0 heterocycles. The molecule has 26 heavy (non-hydrogen) atoms. The van der Waals surface area contributed by atoms with Crippen LogP contribution >= 0.6 is 27.5 Å². The topological polar surface area (TPSA) is 58.2 Å². The van der Waals surface area contributed by atoms with Crippen molar-refractivity contribution in [1.29, 1.82) is 0 Å². The highest BCUT2D eigenvalue weighted by atomic mass is 79.9. The average molecular weight is 436 g/mol. The molecular formula is C20H20BrClN2O2. The lowest BCUT2D eigenvalue weighted by molar-refractivity contribution is -0.128. The molecule has 4 nitrogen and oxygen atoms in total. The van der Waals surface area contributed by atoms with Gasteiger partial charge < -0.3 is 10.6 Å². The first-order chi connectivity index (χ1) is 12.1. The number of rotatable bonds is 4. The van der Waals surface area contributed by atoms with Crippen LogP contribution in [0.1, 0.15) is 26.3 Å². The van der Waals surface area contributed by atoms with Crippen LogP contribution < -0.4 is 10.6 Å². The van der Waals surface area contributed by atoms with Gasteiger partial charge >= 0.3 is 0 Å². The number of hydrogen-bond donors (Lipinski definition) is 2. The maximum Gasteiger partial charge on any atom is 0.272 e. The van der Waals surface area contributed by atoms with Crippen LogP contribution in [-0.4, -0.2) is 11.8 Å². The Morgan fingerprint density at radius 3 is 2.12 bits per heavy atom. The van der Waals surface area contributed by atoms with E-state index in [9.17, 15) is 9.59 Å². The molecule has 136 valence electrons. The molecular weight excluding hydrogens is 416 g/mol. The van der Waals surface area contributed by atoms with Crippen molar-refractivity contribution in [1.82, 2.24) is 5.32 Å². The molecule has 2 rings (SSSR count). The number of benzene rings is 2. The van der Waals surface area contributed by atoms with Gasteiger partial charge in [0.25, 0.3) is 5.91 Å². The Morgan fingerprint density at radius 2 is 1.58 bits per heavy atom. The molecule has 0 atom stereocenters. The quantitative estimate of drug-likeness (QED) is 0.645. The van der Waals surface area contributed by atoms with Crippen LogP contribution in [-0.2, 0) is 9.59 Å². The van der Waals surface area contributed by atoms with E-state index in [2.05, 4.69) is 26.6 Å². The number of carbonyl (C=O) groups is 2. The van der Waals surface area contributed by atoms with E-state index in [4.69, 9.17) is 11.6 Å². The molecule has 0 aliphatic rings. The number of carbonyl (C=O) groups excluding carboxylic acids is 2. The molecule has 0 aliphatic heterocycles. The second-order valence-corrected chi connectivity index (χ2v) is 8.13. The Labute approximate surface area is 166 Å². The highest BCUT2D eigenvalue weighted by molar-refractivity contribution is 9.10. The molecule has 0 saturated carbocycles. The van der Waals surface area contributed by atoms with Gasteiger partial charge in [-0.1, -0.05) is 60.4 Å².